The topological polar surface area (TPSA) is 94.1 Å². The minimum Gasteiger partial charge on any atom is -0.348 e. The molecule has 0 aliphatic heterocycles. The first-order valence-corrected chi connectivity index (χ1v) is 7.18. The number of nitrogens with zero attached hydrogens (tertiary/aromatic N) is 2. The third-order valence-corrected chi connectivity index (χ3v) is 2.49. The molecule has 0 aromatic heterocycles. The minimum absolute atomic E-state index is 0.290. The number of hydrogen-bond acceptors (Lipinski definition) is 4. The van der Waals surface area contributed by atoms with E-state index in [1.54, 1.807) is 19.0 Å². The first-order chi connectivity index (χ1) is 7.51. The highest BCUT2D eigenvalue weighted by atomic mass is 32.3. The van der Waals surface area contributed by atoms with Gasteiger partial charge in [0.05, 0.1) is 0 Å². The zero-order chi connectivity index (χ0) is 13.7. The molecule has 104 valence electrons. The van der Waals surface area contributed by atoms with Crippen LogP contribution in [0.5, 0.6) is 0 Å². The van der Waals surface area contributed by atoms with E-state index in [9.17, 15) is 0 Å². The lowest BCUT2D eigenvalue weighted by Gasteiger charge is -2.30. The standard InChI is InChI=1S/C10H26N4O2S/c1-10(2,3)7-6-8-12-9(14(4)5)13-17(11,15)16/h15-16H,6-8,11H2,1-5H3,(H,12,13). The molecule has 0 rings (SSSR count). The molecule has 0 aliphatic carbocycles. The molecule has 5 N–H and O–H groups in total. The highest BCUT2D eigenvalue weighted by molar-refractivity contribution is 8.21. The van der Waals surface area contributed by atoms with Crippen molar-refractivity contribution >= 4 is 16.9 Å². The van der Waals surface area contributed by atoms with Crippen molar-refractivity contribution in [3.8, 4) is 0 Å². The normalized spacial score (nSPS) is 14.7. The van der Waals surface area contributed by atoms with Gasteiger partial charge in [-0.1, -0.05) is 31.7 Å². The minimum atomic E-state index is -3.26. The Kier molecular flexibility index (Phi) is 6.25. The molecule has 6 nitrogen and oxygen atoms in total. The van der Waals surface area contributed by atoms with Crippen LogP contribution in [0.3, 0.4) is 0 Å². The van der Waals surface area contributed by atoms with Crippen molar-refractivity contribution in [2.24, 2.45) is 15.5 Å². The molecule has 0 radical (unpaired) electrons. The van der Waals surface area contributed by atoms with E-state index >= 15 is 0 Å². The van der Waals surface area contributed by atoms with Crippen molar-refractivity contribution < 1.29 is 9.11 Å². The van der Waals surface area contributed by atoms with E-state index in [4.69, 9.17) is 14.2 Å². The summed E-state index contributed by atoms with van der Waals surface area (Å²) in [4.78, 5) is 5.93. The highest BCUT2D eigenvalue weighted by Crippen LogP contribution is 2.22. The molecule has 0 heterocycles. The van der Waals surface area contributed by atoms with Gasteiger partial charge in [0, 0.05) is 20.6 Å². The Labute approximate surface area is 106 Å². The van der Waals surface area contributed by atoms with Crippen LogP contribution in [0.15, 0.2) is 4.99 Å². The Balaban J connectivity index is 4.23. The number of nitrogens with two attached hydrogens (primary N) is 1. The predicted molar refractivity (Wildman–Crippen MR) is 74.8 cm³/mol. The Bertz CT molecular complexity index is 256. The summed E-state index contributed by atoms with van der Waals surface area (Å²) in [6.45, 7) is 7.17. The van der Waals surface area contributed by atoms with Gasteiger partial charge in [0.25, 0.3) is 0 Å². The quantitative estimate of drug-likeness (QED) is 0.354. The van der Waals surface area contributed by atoms with Gasteiger partial charge in [-0.3, -0.25) is 14.1 Å². The van der Waals surface area contributed by atoms with Crippen LogP contribution in [0.25, 0.3) is 0 Å². The second kappa shape index (κ2) is 6.44. The monoisotopic (exact) mass is 266 g/mol. The summed E-state index contributed by atoms with van der Waals surface area (Å²) in [6.07, 6.45) is 2.02. The van der Waals surface area contributed by atoms with Crippen LogP contribution in [-0.2, 0) is 0 Å². The summed E-state index contributed by atoms with van der Waals surface area (Å²) >= 11 is 0. The van der Waals surface area contributed by atoms with Gasteiger partial charge < -0.3 is 4.90 Å². The van der Waals surface area contributed by atoms with Crippen LogP contribution in [-0.4, -0.2) is 40.6 Å². The van der Waals surface area contributed by atoms with Crippen molar-refractivity contribution in [2.75, 3.05) is 20.6 Å². The molecule has 0 fully saturated rings. The van der Waals surface area contributed by atoms with Crippen LogP contribution in [0.2, 0.25) is 0 Å². The van der Waals surface area contributed by atoms with Crippen LogP contribution in [0, 0.1) is 5.41 Å². The fraction of sp³-hybridized carbons (Fsp3) is 0.900. The lowest BCUT2D eigenvalue weighted by molar-refractivity contribution is 0.368. The summed E-state index contributed by atoms with van der Waals surface area (Å²) in [5.41, 5.74) is 0.290. The molecule has 0 spiro atoms. The highest BCUT2D eigenvalue weighted by Gasteiger charge is 2.11. The Morgan fingerprint density at radius 3 is 2.24 bits per heavy atom. The molecule has 0 saturated carbocycles. The summed E-state index contributed by atoms with van der Waals surface area (Å²) in [7, 11) is 0.273. The molecule has 0 amide bonds. The maximum absolute atomic E-state index is 9.12. The summed E-state index contributed by atoms with van der Waals surface area (Å²) in [5.74, 6) is 0.390. The Morgan fingerprint density at radius 2 is 1.88 bits per heavy atom. The van der Waals surface area contributed by atoms with E-state index in [1.165, 1.54) is 0 Å². The third-order valence-electron chi connectivity index (χ3n) is 2.01. The van der Waals surface area contributed by atoms with Crippen molar-refractivity contribution in [2.45, 2.75) is 33.6 Å². The van der Waals surface area contributed by atoms with Gasteiger partial charge in [0.2, 0.25) is 5.96 Å². The van der Waals surface area contributed by atoms with E-state index in [2.05, 4.69) is 30.5 Å². The van der Waals surface area contributed by atoms with E-state index in [1.807, 2.05) is 0 Å². The molecule has 0 unspecified atom stereocenters. The van der Waals surface area contributed by atoms with Crippen LogP contribution in [0.4, 0.5) is 0 Å². The summed E-state index contributed by atoms with van der Waals surface area (Å²) in [5, 5.41) is 5.12. The zero-order valence-corrected chi connectivity index (χ0v) is 12.2. The summed E-state index contributed by atoms with van der Waals surface area (Å²) < 4.78 is 20.6. The molecule has 0 bridgehead atoms. The zero-order valence-electron chi connectivity index (χ0n) is 11.4. The molecule has 7 heteroatoms. The van der Waals surface area contributed by atoms with Crippen LogP contribution < -0.4 is 9.86 Å². The van der Waals surface area contributed by atoms with Gasteiger partial charge in [-0.25, -0.2) is 9.86 Å². The molecular weight excluding hydrogens is 240 g/mol. The second-order valence-corrected chi connectivity index (χ2v) is 6.85. The number of nitrogens with one attached hydrogen (secondary N) is 1. The van der Waals surface area contributed by atoms with Crippen molar-refractivity contribution in [1.29, 1.82) is 0 Å². The van der Waals surface area contributed by atoms with Crippen molar-refractivity contribution in [1.82, 2.24) is 9.62 Å². The summed E-state index contributed by atoms with van der Waals surface area (Å²) in [6, 6.07) is 0. The molecule has 0 saturated heterocycles. The van der Waals surface area contributed by atoms with Crippen molar-refractivity contribution in [3.05, 3.63) is 0 Å². The number of rotatable bonds is 4. The van der Waals surface area contributed by atoms with E-state index in [0.717, 1.165) is 12.8 Å². The van der Waals surface area contributed by atoms with Gasteiger partial charge in [-0.2, -0.15) is 0 Å². The van der Waals surface area contributed by atoms with Crippen molar-refractivity contribution in [3.63, 3.8) is 0 Å². The maximum Gasteiger partial charge on any atom is 0.213 e. The van der Waals surface area contributed by atoms with Gasteiger partial charge in [0.1, 0.15) is 0 Å². The average molecular weight is 266 g/mol. The van der Waals surface area contributed by atoms with E-state index in [-0.39, 0.29) is 5.41 Å². The largest absolute Gasteiger partial charge is 0.348 e. The van der Waals surface area contributed by atoms with E-state index in [0.29, 0.717) is 12.5 Å². The first-order valence-electron chi connectivity index (χ1n) is 5.57. The SMILES string of the molecule is CN(C)C(=NCCCC(C)(C)C)NS(N)(O)O. The molecule has 0 atom stereocenters. The fourth-order valence-corrected chi connectivity index (χ4v) is 1.71. The molecule has 0 aromatic rings. The average Bonchev–Trinajstić information content (AvgIpc) is 2.06. The molecular formula is C10H26N4O2S. The van der Waals surface area contributed by atoms with E-state index < -0.39 is 11.0 Å². The fourth-order valence-electron chi connectivity index (χ4n) is 1.19. The lowest BCUT2D eigenvalue weighted by atomic mass is 9.91. The third kappa shape index (κ3) is 10.4. The number of aliphatic imine (C=N–C) groups is 1. The number of hydrogen-bond donors (Lipinski definition) is 4. The lowest BCUT2D eigenvalue weighted by Crippen LogP contribution is -2.40. The van der Waals surface area contributed by atoms with Gasteiger partial charge in [-0.05, 0) is 18.3 Å². The van der Waals surface area contributed by atoms with Crippen LogP contribution in [0.1, 0.15) is 33.6 Å². The second-order valence-electron chi connectivity index (χ2n) is 5.46. The molecule has 0 aromatic carbocycles. The van der Waals surface area contributed by atoms with Crippen LogP contribution >= 0.6 is 11.0 Å². The molecule has 17 heavy (non-hydrogen) atoms. The van der Waals surface area contributed by atoms with Gasteiger partial charge in [-0.15, -0.1) is 0 Å². The van der Waals surface area contributed by atoms with Gasteiger partial charge in [0.15, 0.2) is 0 Å². The number of guanidine groups is 1. The predicted octanol–water partition coefficient (Wildman–Crippen LogP) is 1.86. The smallest absolute Gasteiger partial charge is 0.213 e. The van der Waals surface area contributed by atoms with Gasteiger partial charge >= 0.3 is 0 Å². The maximum atomic E-state index is 9.12. The Morgan fingerprint density at radius 1 is 1.35 bits per heavy atom. The molecule has 0 aliphatic rings. The first kappa shape index (κ1) is 16.5. The Hall–Kier alpha value is -0.500.